The van der Waals surface area contributed by atoms with E-state index < -0.39 is 0 Å². The third kappa shape index (κ3) is 4.41. The van der Waals surface area contributed by atoms with Gasteiger partial charge in [0.1, 0.15) is 0 Å². The van der Waals surface area contributed by atoms with E-state index >= 15 is 0 Å². The predicted octanol–water partition coefficient (Wildman–Crippen LogP) is 3.93. The lowest BCUT2D eigenvalue weighted by Crippen LogP contribution is -2.52. The van der Waals surface area contributed by atoms with Gasteiger partial charge in [-0.1, -0.05) is 25.3 Å². The van der Waals surface area contributed by atoms with Crippen LogP contribution in [-0.2, 0) is 6.54 Å². The van der Waals surface area contributed by atoms with Crippen molar-refractivity contribution in [2.45, 2.75) is 44.7 Å². The number of aromatic nitrogens is 2. The van der Waals surface area contributed by atoms with Crippen molar-refractivity contribution in [2.75, 3.05) is 33.0 Å². The largest absolute Gasteiger partial charge is 0.454 e. The number of nitrogens with one attached hydrogen (secondary N) is 1. The van der Waals surface area contributed by atoms with Crippen LogP contribution in [0.4, 0.5) is 0 Å². The standard InChI is InChI=1S/C27H30N4O4S/c32-25(30-12-10-29(11-13-30)20-4-2-1-3-5-20)19-7-8-21-22(15-19)28-27(36)31(26(21)33)16-18-6-9-23-24(14-18)35-17-34-23/h6-9,14-15,20H,1-5,10-13,16-17H2,(H,28,36). The second kappa shape index (κ2) is 9.71. The Morgan fingerprint density at radius 3 is 2.56 bits per heavy atom. The topological polar surface area (TPSA) is 79.8 Å². The van der Waals surface area contributed by atoms with Gasteiger partial charge in [0.05, 0.1) is 17.4 Å². The first-order valence-electron chi connectivity index (χ1n) is 12.8. The minimum Gasteiger partial charge on any atom is -0.454 e. The van der Waals surface area contributed by atoms with Crippen molar-refractivity contribution >= 4 is 29.0 Å². The number of hydrogen-bond donors (Lipinski definition) is 1. The SMILES string of the molecule is O=C(c1ccc2c(=O)n(Cc3ccc4c(c3)OCO4)c(=S)[nH]c2c1)N1CCN(C2CCCCC2)CC1. The van der Waals surface area contributed by atoms with Crippen molar-refractivity contribution in [3.8, 4) is 11.5 Å². The molecule has 2 aliphatic heterocycles. The summed E-state index contributed by atoms with van der Waals surface area (Å²) < 4.78 is 12.7. The molecule has 1 aliphatic carbocycles. The maximum Gasteiger partial charge on any atom is 0.262 e. The first kappa shape index (κ1) is 23.2. The number of carbonyl (C=O) groups is 1. The van der Waals surface area contributed by atoms with E-state index in [9.17, 15) is 9.59 Å². The molecule has 0 radical (unpaired) electrons. The molecule has 2 fully saturated rings. The highest BCUT2D eigenvalue weighted by atomic mass is 32.1. The van der Waals surface area contributed by atoms with E-state index in [4.69, 9.17) is 21.7 Å². The summed E-state index contributed by atoms with van der Waals surface area (Å²) in [6.45, 7) is 3.84. The van der Waals surface area contributed by atoms with Crippen molar-refractivity contribution in [2.24, 2.45) is 0 Å². The van der Waals surface area contributed by atoms with Crippen LogP contribution in [-0.4, -0.2) is 64.3 Å². The summed E-state index contributed by atoms with van der Waals surface area (Å²) in [5.41, 5.74) is 1.86. The van der Waals surface area contributed by atoms with Gasteiger partial charge in [0.25, 0.3) is 11.5 Å². The number of rotatable bonds is 4. The first-order chi connectivity index (χ1) is 17.6. The van der Waals surface area contributed by atoms with Crippen molar-refractivity contribution in [3.63, 3.8) is 0 Å². The molecular weight excluding hydrogens is 476 g/mol. The molecule has 1 aromatic heterocycles. The molecule has 0 bridgehead atoms. The van der Waals surface area contributed by atoms with Gasteiger partial charge in [-0.3, -0.25) is 19.1 Å². The molecule has 3 heterocycles. The number of piperazine rings is 1. The number of ether oxygens (including phenoxy) is 2. The lowest BCUT2D eigenvalue weighted by Gasteiger charge is -2.40. The average Bonchev–Trinajstić information content (AvgIpc) is 3.39. The number of amides is 1. The number of carbonyl (C=O) groups excluding carboxylic acids is 1. The number of nitrogens with zero attached hydrogens (tertiary/aromatic N) is 3. The summed E-state index contributed by atoms with van der Waals surface area (Å²) in [6, 6.07) is 11.5. The summed E-state index contributed by atoms with van der Waals surface area (Å²) in [5.74, 6) is 1.37. The number of hydrogen-bond acceptors (Lipinski definition) is 6. The fourth-order valence-electron chi connectivity index (χ4n) is 5.67. The van der Waals surface area contributed by atoms with Crippen LogP contribution in [0.5, 0.6) is 11.5 Å². The van der Waals surface area contributed by atoms with Gasteiger partial charge in [0, 0.05) is 37.8 Å². The zero-order chi connectivity index (χ0) is 24.6. The molecule has 8 nitrogen and oxygen atoms in total. The molecule has 0 atom stereocenters. The molecule has 188 valence electrons. The van der Waals surface area contributed by atoms with Gasteiger partial charge in [-0.15, -0.1) is 0 Å². The Hall–Kier alpha value is -3.17. The van der Waals surface area contributed by atoms with Crippen molar-refractivity contribution < 1.29 is 14.3 Å². The van der Waals surface area contributed by atoms with Crippen LogP contribution in [0.15, 0.2) is 41.2 Å². The van der Waals surface area contributed by atoms with E-state index in [1.54, 1.807) is 18.2 Å². The van der Waals surface area contributed by atoms with Gasteiger partial charge in [-0.05, 0) is 61.0 Å². The van der Waals surface area contributed by atoms with Crippen LogP contribution in [0.25, 0.3) is 10.9 Å². The summed E-state index contributed by atoms with van der Waals surface area (Å²) in [6.07, 6.45) is 6.55. The lowest BCUT2D eigenvalue weighted by molar-refractivity contribution is 0.0523. The Bertz CT molecular complexity index is 1420. The molecule has 1 amide bonds. The first-order valence-corrected chi connectivity index (χ1v) is 13.2. The normalized spacial score (nSPS) is 18.6. The minimum atomic E-state index is -0.188. The molecule has 1 N–H and O–H groups in total. The summed E-state index contributed by atoms with van der Waals surface area (Å²) in [5, 5.41) is 0.503. The third-order valence-electron chi connectivity index (χ3n) is 7.70. The minimum absolute atomic E-state index is 0.00375. The number of aromatic amines is 1. The molecule has 6 rings (SSSR count). The quantitative estimate of drug-likeness (QED) is 0.541. The lowest BCUT2D eigenvalue weighted by atomic mass is 9.94. The molecular formula is C27H30N4O4S. The Balaban J connectivity index is 1.19. The molecule has 0 unspecified atom stereocenters. The number of benzene rings is 2. The van der Waals surface area contributed by atoms with E-state index in [1.807, 2.05) is 23.1 Å². The second-order valence-corrected chi connectivity index (χ2v) is 10.3. The Kier molecular flexibility index (Phi) is 6.27. The second-order valence-electron chi connectivity index (χ2n) is 9.89. The summed E-state index contributed by atoms with van der Waals surface area (Å²) in [7, 11) is 0. The van der Waals surface area contributed by atoms with Gasteiger partial charge in [-0.2, -0.15) is 0 Å². The van der Waals surface area contributed by atoms with Gasteiger partial charge in [-0.25, -0.2) is 0 Å². The predicted molar refractivity (Wildman–Crippen MR) is 139 cm³/mol. The van der Waals surface area contributed by atoms with Crippen LogP contribution < -0.4 is 15.0 Å². The molecule has 2 aromatic carbocycles. The Morgan fingerprint density at radius 1 is 0.972 bits per heavy atom. The van der Waals surface area contributed by atoms with Crippen LogP contribution in [0, 0.1) is 4.77 Å². The highest BCUT2D eigenvalue weighted by Gasteiger charge is 2.27. The van der Waals surface area contributed by atoms with Gasteiger partial charge >= 0.3 is 0 Å². The van der Waals surface area contributed by atoms with Crippen LogP contribution in [0.1, 0.15) is 48.0 Å². The van der Waals surface area contributed by atoms with E-state index in [1.165, 1.54) is 36.7 Å². The molecule has 0 spiro atoms. The maximum absolute atomic E-state index is 13.3. The monoisotopic (exact) mass is 506 g/mol. The van der Waals surface area contributed by atoms with Gasteiger partial charge in [0.2, 0.25) is 6.79 Å². The van der Waals surface area contributed by atoms with Crippen molar-refractivity contribution in [1.29, 1.82) is 0 Å². The Morgan fingerprint density at radius 2 is 1.75 bits per heavy atom. The van der Waals surface area contributed by atoms with E-state index in [0.29, 0.717) is 45.3 Å². The fourth-order valence-corrected chi connectivity index (χ4v) is 5.93. The highest BCUT2D eigenvalue weighted by molar-refractivity contribution is 7.71. The molecule has 1 saturated carbocycles. The van der Waals surface area contributed by atoms with E-state index in [2.05, 4.69) is 9.88 Å². The molecule has 36 heavy (non-hydrogen) atoms. The fraction of sp³-hybridized carbons (Fsp3) is 0.444. The van der Waals surface area contributed by atoms with Gasteiger partial charge in [0.15, 0.2) is 16.3 Å². The van der Waals surface area contributed by atoms with Crippen LogP contribution in [0.3, 0.4) is 0 Å². The summed E-state index contributed by atoms with van der Waals surface area (Å²) >= 11 is 5.53. The van der Waals surface area contributed by atoms with Gasteiger partial charge < -0.3 is 19.4 Å². The van der Waals surface area contributed by atoms with Crippen LogP contribution in [0.2, 0.25) is 0 Å². The maximum atomic E-state index is 13.3. The number of fused-ring (bicyclic) bond motifs is 2. The third-order valence-corrected chi connectivity index (χ3v) is 8.02. The average molecular weight is 507 g/mol. The van der Waals surface area contributed by atoms with Crippen molar-refractivity contribution in [3.05, 3.63) is 62.6 Å². The molecule has 3 aromatic rings. The van der Waals surface area contributed by atoms with E-state index in [-0.39, 0.29) is 18.3 Å². The highest BCUT2D eigenvalue weighted by Crippen LogP contribution is 2.32. The molecule has 1 saturated heterocycles. The van der Waals surface area contributed by atoms with E-state index in [0.717, 1.165) is 31.7 Å². The number of H-pyrrole nitrogens is 1. The zero-order valence-electron chi connectivity index (χ0n) is 20.2. The van der Waals surface area contributed by atoms with Crippen LogP contribution >= 0.6 is 12.2 Å². The van der Waals surface area contributed by atoms with Crippen molar-refractivity contribution in [1.82, 2.24) is 19.4 Å². The molecule has 3 aliphatic rings. The smallest absolute Gasteiger partial charge is 0.262 e. The molecule has 9 heteroatoms. The Labute approximate surface area is 214 Å². The summed E-state index contributed by atoms with van der Waals surface area (Å²) in [4.78, 5) is 34.2. The zero-order valence-corrected chi connectivity index (χ0v) is 21.0.